The number of nitrogens with zero attached hydrogens (tertiary/aromatic N) is 2. The molecule has 2 saturated heterocycles. The van der Waals surface area contributed by atoms with Crippen molar-refractivity contribution in [3.05, 3.63) is 0 Å². The predicted molar refractivity (Wildman–Crippen MR) is 267 cm³/mol. The van der Waals surface area contributed by atoms with E-state index in [0.717, 1.165) is 77.0 Å². The van der Waals surface area contributed by atoms with Gasteiger partial charge in [-0.05, 0) is 51.6 Å². The molecule has 0 saturated carbocycles. The molecule has 8 atom stereocenters. The van der Waals surface area contributed by atoms with Crippen LogP contribution in [0.1, 0.15) is 233 Å². The van der Waals surface area contributed by atoms with Gasteiger partial charge in [-0.15, -0.1) is 0 Å². The fourth-order valence-electron chi connectivity index (χ4n) is 9.69. The third-order valence-corrected chi connectivity index (χ3v) is 13.7. The Bertz CT molecular complexity index is 1020. The maximum absolute atomic E-state index is 13.1. The van der Waals surface area contributed by atoms with Crippen LogP contribution in [0, 0.1) is 0 Å². The summed E-state index contributed by atoms with van der Waals surface area (Å²) < 4.78 is 23.7. The molecule has 4 N–H and O–H groups in total. The van der Waals surface area contributed by atoms with Crippen molar-refractivity contribution in [2.75, 3.05) is 52.5 Å². The van der Waals surface area contributed by atoms with E-state index < -0.39 is 48.8 Å². The van der Waals surface area contributed by atoms with Crippen LogP contribution in [0.4, 0.5) is 0 Å². The van der Waals surface area contributed by atoms with Gasteiger partial charge in [0, 0.05) is 39.0 Å². The summed E-state index contributed by atoms with van der Waals surface area (Å²) in [5.41, 5.74) is 0. The van der Waals surface area contributed by atoms with Crippen LogP contribution in [-0.4, -0.2) is 143 Å². The zero-order chi connectivity index (χ0) is 48.0. The van der Waals surface area contributed by atoms with Gasteiger partial charge in [0.2, 0.25) is 0 Å². The van der Waals surface area contributed by atoms with Crippen molar-refractivity contribution in [3.63, 3.8) is 0 Å². The fraction of sp³-hybridized carbons (Fsp3) is 0.963. The molecule has 0 aromatic rings. The highest BCUT2D eigenvalue weighted by Gasteiger charge is 2.51. The smallest absolute Gasteiger partial charge is 0.306 e. The number of fused-ring (bicyclic) bond motifs is 1. The molecular weight excluding hydrogens is 837 g/mol. The highest BCUT2D eigenvalue weighted by atomic mass is 16.7. The number of aliphatic hydroxyl groups is 4. The summed E-state index contributed by atoms with van der Waals surface area (Å²) in [6.07, 6.45) is 28.6. The lowest BCUT2D eigenvalue weighted by Gasteiger charge is -2.27. The Balaban J connectivity index is 1.80. The van der Waals surface area contributed by atoms with Gasteiger partial charge in [-0.1, -0.05) is 182 Å². The quantitative estimate of drug-likeness (QED) is 0.0339. The maximum atomic E-state index is 13.1. The first kappa shape index (κ1) is 60.7. The topological polar surface area (TPSA) is 158 Å². The molecule has 0 aromatic carbocycles. The molecule has 12 heteroatoms. The molecular formula is C54H104N2O10. The van der Waals surface area contributed by atoms with E-state index in [-0.39, 0.29) is 38.0 Å². The van der Waals surface area contributed by atoms with Crippen LogP contribution < -0.4 is 0 Å². The number of carbonyl (C=O) groups is 2. The SMILES string of the molecule is CCCCCCCCC(O)CN(CCCC(=O)OC1COC2C(OC(=O)CCCN(CC(O)CCCCCCCC)CC(O)CCCCCCCC)COC12)CC(O)CCCCCCCC. The first-order valence-corrected chi connectivity index (χ1v) is 27.9. The van der Waals surface area contributed by atoms with Crippen molar-refractivity contribution in [1.29, 1.82) is 0 Å². The second kappa shape index (κ2) is 40.4. The molecule has 8 unspecified atom stereocenters. The molecule has 0 amide bonds. The summed E-state index contributed by atoms with van der Waals surface area (Å²) in [6, 6.07) is 0. The van der Waals surface area contributed by atoms with Gasteiger partial charge < -0.3 is 39.4 Å². The summed E-state index contributed by atoms with van der Waals surface area (Å²) in [5, 5.41) is 43.7. The van der Waals surface area contributed by atoms with E-state index >= 15 is 0 Å². The van der Waals surface area contributed by atoms with Crippen molar-refractivity contribution >= 4 is 11.9 Å². The van der Waals surface area contributed by atoms with Gasteiger partial charge in [0.1, 0.15) is 12.2 Å². The molecule has 0 bridgehead atoms. The minimum Gasteiger partial charge on any atom is -0.457 e. The third-order valence-electron chi connectivity index (χ3n) is 13.7. The lowest BCUT2D eigenvalue weighted by Crippen LogP contribution is -2.39. The minimum absolute atomic E-state index is 0.174. The zero-order valence-electron chi connectivity index (χ0n) is 43.0. The lowest BCUT2D eigenvalue weighted by atomic mass is 10.1. The highest BCUT2D eigenvalue weighted by molar-refractivity contribution is 5.70. The first-order valence-electron chi connectivity index (χ1n) is 27.9. The lowest BCUT2D eigenvalue weighted by molar-refractivity contribution is -0.155. The number of carbonyl (C=O) groups excluding carboxylic acids is 2. The van der Waals surface area contributed by atoms with E-state index in [2.05, 4.69) is 37.5 Å². The van der Waals surface area contributed by atoms with Gasteiger partial charge in [-0.2, -0.15) is 0 Å². The van der Waals surface area contributed by atoms with Crippen LogP contribution in [0.25, 0.3) is 0 Å². The van der Waals surface area contributed by atoms with Gasteiger partial charge in [0.05, 0.1) is 37.6 Å². The van der Waals surface area contributed by atoms with E-state index in [4.69, 9.17) is 18.9 Å². The molecule has 0 spiro atoms. The second-order valence-electron chi connectivity index (χ2n) is 20.2. The molecule has 2 rings (SSSR count). The van der Waals surface area contributed by atoms with E-state index in [0.29, 0.717) is 52.1 Å². The standard InChI is InChI=1S/C54H104N2O10/c1-5-9-13-17-21-25-31-45(57)39-55(40-46(58)32-26-22-18-14-10-6-2)37-29-35-51(61)65-49-43-63-54-50(44-64-53(49)54)66-52(62)36-30-38-56(41-47(59)33-27-23-19-15-11-7-3)42-48(60)34-28-24-20-16-12-8-4/h45-50,53-54,57-60H,5-44H2,1-4H3. The summed E-state index contributed by atoms with van der Waals surface area (Å²) in [4.78, 5) is 30.4. The molecule has 12 nitrogen and oxygen atoms in total. The van der Waals surface area contributed by atoms with Crippen LogP contribution in [0.15, 0.2) is 0 Å². The van der Waals surface area contributed by atoms with Crippen LogP contribution in [-0.2, 0) is 28.5 Å². The molecule has 390 valence electrons. The van der Waals surface area contributed by atoms with E-state index in [1.54, 1.807) is 0 Å². The molecule has 2 fully saturated rings. The normalized spacial score (nSPS) is 20.2. The third kappa shape index (κ3) is 30.3. The van der Waals surface area contributed by atoms with Gasteiger partial charge in [-0.25, -0.2) is 0 Å². The van der Waals surface area contributed by atoms with Crippen LogP contribution in [0.2, 0.25) is 0 Å². The largest absolute Gasteiger partial charge is 0.457 e. The second-order valence-corrected chi connectivity index (χ2v) is 20.2. The number of unbranched alkanes of at least 4 members (excludes halogenated alkanes) is 20. The average molecular weight is 941 g/mol. The molecule has 2 aliphatic rings. The van der Waals surface area contributed by atoms with Gasteiger partial charge in [0.25, 0.3) is 0 Å². The molecule has 2 aliphatic heterocycles. The summed E-state index contributed by atoms with van der Waals surface area (Å²) in [7, 11) is 0. The highest BCUT2D eigenvalue weighted by Crippen LogP contribution is 2.31. The number of aliphatic hydroxyl groups excluding tert-OH is 4. The number of hydrogen-bond donors (Lipinski definition) is 4. The van der Waals surface area contributed by atoms with E-state index in [1.165, 1.54) is 103 Å². The molecule has 2 heterocycles. The molecule has 0 aliphatic carbocycles. The Morgan fingerprint density at radius 3 is 0.955 bits per heavy atom. The molecule has 0 aromatic heterocycles. The number of ether oxygens (including phenoxy) is 4. The Morgan fingerprint density at radius 1 is 0.424 bits per heavy atom. The van der Waals surface area contributed by atoms with Crippen molar-refractivity contribution in [2.45, 2.75) is 282 Å². The molecule has 66 heavy (non-hydrogen) atoms. The summed E-state index contributed by atoms with van der Waals surface area (Å²) in [6.45, 7) is 12.3. The fourth-order valence-corrected chi connectivity index (χ4v) is 9.69. The Morgan fingerprint density at radius 2 is 0.682 bits per heavy atom. The van der Waals surface area contributed by atoms with E-state index in [9.17, 15) is 30.0 Å². The maximum Gasteiger partial charge on any atom is 0.306 e. The van der Waals surface area contributed by atoms with Gasteiger partial charge >= 0.3 is 11.9 Å². The summed E-state index contributed by atoms with van der Waals surface area (Å²) in [5.74, 6) is -0.681. The summed E-state index contributed by atoms with van der Waals surface area (Å²) >= 11 is 0. The zero-order valence-corrected chi connectivity index (χ0v) is 43.0. The van der Waals surface area contributed by atoms with Crippen molar-refractivity contribution in [2.24, 2.45) is 0 Å². The Labute approximate surface area is 404 Å². The van der Waals surface area contributed by atoms with Crippen molar-refractivity contribution in [1.82, 2.24) is 9.80 Å². The number of esters is 2. The first-order chi connectivity index (χ1) is 32.1. The Kier molecular flexibility index (Phi) is 37.1. The monoisotopic (exact) mass is 941 g/mol. The van der Waals surface area contributed by atoms with Crippen molar-refractivity contribution in [3.8, 4) is 0 Å². The predicted octanol–water partition coefficient (Wildman–Crippen LogP) is 10.2. The van der Waals surface area contributed by atoms with Crippen LogP contribution in [0.5, 0.6) is 0 Å². The van der Waals surface area contributed by atoms with Crippen molar-refractivity contribution < 1.29 is 49.0 Å². The average Bonchev–Trinajstić information content (AvgIpc) is 3.88. The van der Waals surface area contributed by atoms with E-state index in [1.807, 2.05) is 0 Å². The minimum atomic E-state index is -0.584. The number of hydrogen-bond acceptors (Lipinski definition) is 12. The van der Waals surface area contributed by atoms with Crippen LogP contribution >= 0.6 is 0 Å². The number of rotatable bonds is 46. The Hall–Kier alpha value is -1.38. The van der Waals surface area contributed by atoms with Gasteiger partial charge in [-0.3, -0.25) is 19.4 Å². The molecule has 0 radical (unpaired) electrons. The van der Waals surface area contributed by atoms with Gasteiger partial charge in [0.15, 0.2) is 12.2 Å². The van der Waals surface area contributed by atoms with Crippen LogP contribution in [0.3, 0.4) is 0 Å².